The Kier molecular flexibility index (Phi) is 38.8. The van der Waals surface area contributed by atoms with E-state index < -0.39 is 20.0 Å². The van der Waals surface area contributed by atoms with E-state index in [0.29, 0.717) is 17.4 Å². The fourth-order valence-electron chi connectivity index (χ4n) is 6.52. The molecule has 0 aliphatic carbocycles. The molecule has 9 heteroatoms. The van der Waals surface area contributed by atoms with E-state index in [0.717, 1.165) is 57.8 Å². The molecule has 0 radical (unpaired) electrons. The highest BCUT2D eigenvalue weighted by molar-refractivity contribution is 7.47. The number of hydrogen-bond acceptors (Lipinski definition) is 5. The molecule has 3 N–H and O–H groups in total. The lowest BCUT2D eigenvalue weighted by atomic mass is 10.0. The molecular weight excluding hydrogens is 732 g/mol. The van der Waals surface area contributed by atoms with Crippen LogP contribution in [-0.4, -0.2) is 73.4 Å². The van der Waals surface area contributed by atoms with Gasteiger partial charge < -0.3 is 19.8 Å². The number of unbranched alkanes of at least 4 members (excludes halogenated alkanes) is 24. The van der Waals surface area contributed by atoms with Gasteiger partial charge in [-0.25, -0.2) is 4.57 Å². The van der Waals surface area contributed by atoms with Gasteiger partial charge in [-0.2, -0.15) is 0 Å². The molecule has 0 aromatic rings. The highest BCUT2D eigenvalue weighted by Gasteiger charge is 2.27. The van der Waals surface area contributed by atoms with Gasteiger partial charge in [0.25, 0.3) is 0 Å². The maximum absolute atomic E-state index is 12.9. The number of amides is 1. The molecule has 57 heavy (non-hydrogen) atoms. The first-order chi connectivity index (χ1) is 27.5. The van der Waals surface area contributed by atoms with Crippen molar-refractivity contribution < 1.29 is 32.9 Å². The van der Waals surface area contributed by atoms with Gasteiger partial charge in [-0.05, 0) is 57.8 Å². The second kappa shape index (κ2) is 39.9. The summed E-state index contributed by atoms with van der Waals surface area (Å²) in [6.07, 6.45) is 50.4. The molecule has 0 fully saturated rings. The molecule has 8 nitrogen and oxygen atoms in total. The number of phosphoric acid groups is 1. The molecule has 0 saturated carbocycles. The third-order valence-corrected chi connectivity index (χ3v) is 11.3. The Balaban J connectivity index is 4.45. The Labute approximate surface area is 352 Å². The third-order valence-electron chi connectivity index (χ3n) is 10.3. The first kappa shape index (κ1) is 55.5. The molecule has 3 atom stereocenters. The molecular formula is C48H92N2O6P+. The second-order valence-corrected chi connectivity index (χ2v) is 18.6. The lowest BCUT2D eigenvalue weighted by Gasteiger charge is -2.25. The smallest absolute Gasteiger partial charge is 0.387 e. The summed E-state index contributed by atoms with van der Waals surface area (Å²) < 4.78 is 23.6. The van der Waals surface area contributed by atoms with Crippen molar-refractivity contribution in [1.29, 1.82) is 0 Å². The summed E-state index contributed by atoms with van der Waals surface area (Å²) in [5, 5.41) is 13.8. The topological polar surface area (TPSA) is 105 Å². The van der Waals surface area contributed by atoms with Crippen LogP contribution in [0.1, 0.15) is 200 Å². The summed E-state index contributed by atoms with van der Waals surface area (Å²) in [5.41, 5.74) is 0. The maximum Gasteiger partial charge on any atom is 0.472 e. The average Bonchev–Trinajstić information content (AvgIpc) is 3.16. The number of carbonyl (C=O) groups is 1. The molecule has 0 aliphatic rings. The third kappa shape index (κ3) is 42.4. The van der Waals surface area contributed by atoms with Crippen LogP contribution >= 0.6 is 7.82 Å². The van der Waals surface area contributed by atoms with Gasteiger partial charge >= 0.3 is 7.82 Å². The van der Waals surface area contributed by atoms with Crippen LogP contribution < -0.4 is 5.32 Å². The highest BCUT2D eigenvalue weighted by Crippen LogP contribution is 2.43. The first-order valence-electron chi connectivity index (χ1n) is 23.5. The number of rotatable bonds is 42. The monoisotopic (exact) mass is 824 g/mol. The SMILES string of the molecule is CCCCC/C=C\C=C/CCCCCCCCC(=O)NC(COP(=O)(O)OCC[N+](C)(C)C)C(O)/C=C/CC/C=C/CCCCCCCCCCCCCCCC. The van der Waals surface area contributed by atoms with Crippen LogP contribution in [0.4, 0.5) is 0 Å². The molecule has 334 valence electrons. The minimum Gasteiger partial charge on any atom is -0.387 e. The number of carbonyl (C=O) groups excluding carboxylic acids is 1. The minimum atomic E-state index is -4.35. The summed E-state index contributed by atoms with van der Waals surface area (Å²) in [7, 11) is 1.54. The van der Waals surface area contributed by atoms with Gasteiger partial charge in [0.1, 0.15) is 13.2 Å². The summed E-state index contributed by atoms with van der Waals surface area (Å²) in [6, 6.07) is -0.869. The van der Waals surface area contributed by atoms with E-state index in [4.69, 9.17) is 9.05 Å². The lowest BCUT2D eigenvalue weighted by Crippen LogP contribution is -2.45. The van der Waals surface area contributed by atoms with E-state index in [9.17, 15) is 19.4 Å². The van der Waals surface area contributed by atoms with Crippen molar-refractivity contribution in [2.24, 2.45) is 0 Å². The molecule has 0 aromatic heterocycles. The summed E-state index contributed by atoms with van der Waals surface area (Å²) in [5.74, 6) is -0.200. The lowest BCUT2D eigenvalue weighted by molar-refractivity contribution is -0.870. The van der Waals surface area contributed by atoms with Crippen molar-refractivity contribution in [3.05, 3.63) is 48.6 Å². The number of aliphatic hydroxyl groups is 1. The van der Waals surface area contributed by atoms with Crippen LogP contribution in [0.3, 0.4) is 0 Å². The van der Waals surface area contributed by atoms with Crippen LogP contribution in [0.5, 0.6) is 0 Å². The predicted octanol–water partition coefficient (Wildman–Crippen LogP) is 13.2. The zero-order chi connectivity index (χ0) is 42.1. The molecule has 0 spiro atoms. The van der Waals surface area contributed by atoms with E-state index in [-0.39, 0.29) is 19.1 Å². The Hall–Kier alpha value is -1.54. The predicted molar refractivity (Wildman–Crippen MR) is 244 cm³/mol. The van der Waals surface area contributed by atoms with Crippen molar-refractivity contribution in [3.63, 3.8) is 0 Å². The summed E-state index contributed by atoms with van der Waals surface area (Å²) >= 11 is 0. The first-order valence-corrected chi connectivity index (χ1v) is 25.0. The largest absolute Gasteiger partial charge is 0.472 e. The van der Waals surface area contributed by atoms with Crippen LogP contribution in [0.2, 0.25) is 0 Å². The number of quaternary nitrogens is 1. The molecule has 1 amide bonds. The normalized spacial score (nSPS) is 14.7. The molecule has 0 bridgehead atoms. The number of phosphoric ester groups is 1. The number of nitrogens with zero attached hydrogens (tertiary/aromatic N) is 1. The highest BCUT2D eigenvalue weighted by atomic mass is 31.2. The molecule has 0 aromatic carbocycles. The second-order valence-electron chi connectivity index (χ2n) is 17.1. The summed E-state index contributed by atoms with van der Waals surface area (Å²) in [4.78, 5) is 23.1. The fourth-order valence-corrected chi connectivity index (χ4v) is 7.25. The zero-order valence-electron chi connectivity index (χ0n) is 37.8. The van der Waals surface area contributed by atoms with Gasteiger partial charge in [0.05, 0.1) is 39.9 Å². The standard InChI is InChI=1S/C48H91N2O6P/c1-6-8-10-12-14-16-18-20-22-23-24-25-26-28-29-31-33-35-37-39-41-47(51)46(45-56-57(53,54)55-44-43-50(3,4)5)49-48(52)42-40-38-36-34-32-30-27-21-19-17-15-13-11-9-7-2/h15,17,19,21,31,33,39,41,46-47,51H,6-14,16,18,20,22-30,32,34-38,40,42-45H2,1-5H3,(H-,49,52,53,54)/p+1/b17-15-,21-19-,33-31+,41-39+. The molecule has 3 unspecified atom stereocenters. The number of nitrogens with one attached hydrogen (secondary N) is 1. The molecule has 0 aliphatic heterocycles. The number of aliphatic hydroxyl groups excluding tert-OH is 1. The van der Waals surface area contributed by atoms with E-state index in [1.807, 2.05) is 27.2 Å². The fraction of sp³-hybridized carbons (Fsp3) is 0.812. The van der Waals surface area contributed by atoms with Crippen molar-refractivity contribution in [2.45, 2.75) is 212 Å². The van der Waals surface area contributed by atoms with Crippen LogP contribution in [-0.2, 0) is 18.4 Å². The van der Waals surface area contributed by atoms with Gasteiger partial charge in [0.15, 0.2) is 0 Å². The molecule has 0 saturated heterocycles. The van der Waals surface area contributed by atoms with Gasteiger partial charge in [-0.1, -0.05) is 184 Å². The molecule has 0 rings (SSSR count). The van der Waals surface area contributed by atoms with Crippen LogP contribution in [0.25, 0.3) is 0 Å². The molecule has 0 heterocycles. The van der Waals surface area contributed by atoms with Crippen LogP contribution in [0.15, 0.2) is 48.6 Å². The van der Waals surface area contributed by atoms with Crippen molar-refractivity contribution >= 4 is 13.7 Å². The number of hydrogen-bond donors (Lipinski definition) is 3. The van der Waals surface area contributed by atoms with E-state index in [1.54, 1.807) is 6.08 Å². The van der Waals surface area contributed by atoms with E-state index in [1.165, 1.54) is 122 Å². The number of likely N-dealkylation sites (N-methyl/N-ethyl adjacent to an activating group) is 1. The zero-order valence-corrected chi connectivity index (χ0v) is 38.7. The number of allylic oxidation sites excluding steroid dienone is 7. The van der Waals surface area contributed by atoms with Crippen molar-refractivity contribution in [3.8, 4) is 0 Å². The van der Waals surface area contributed by atoms with Crippen molar-refractivity contribution in [1.82, 2.24) is 5.32 Å². The minimum absolute atomic E-state index is 0.0525. The van der Waals surface area contributed by atoms with E-state index >= 15 is 0 Å². The Bertz CT molecular complexity index is 1070. The van der Waals surface area contributed by atoms with Gasteiger partial charge in [-0.15, -0.1) is 0 Å². The van der Waals surface area contributed by atoms with Crippen molar-refractivity contribution in [2.75, 3.05) is 40.9 Å². The quantitative estimate of drug-likeness (QED) is 0.0186. The Morgan fingerprint density at radius 3 is 1.54 bits per heavy atom. The van der Waals surface area contributed by atoms with Gasteiger partial charge in [0, 0.05) is 6.42 Å². The van der Waals surface area contributed by atoms with Gasteiger partial charge in [0.2, 0.25) is 5.91 Å². The maximum atomic E-state index is 12.9. The van der Waals surface area contributed by atoms with E-state index in [2.05, 4.69) is 55.6 Å². The summed E-state index contributed by atoms with van der Waals surface area (Å²) in [6.45, 7) is 4.75. The van der Waals surface area contributed by atoms with Gasteiger partial charge in [-0.3, -0.25) is 13.8 Å². The Morgan fingerprint density at radius 1 is 0.596 bits per heavy atom. The van der Waals surface area contributed by atoms with Crippen LogP contribution in [0, 0.1) is 0 Å². The Morgan fingerprint density at radius 2 is 1.02 bits per heavy atom. The average molecular weight is 824 g/mol.